The second-order valence-electron chi connectivity index (χ2n) is 10.3. The highest BCUT2D eigenvalue weighted by molar-refractivity contribution is 8.19. The Morgan fingerprint density at radius 2 is 1.80 bits per heavy atom. The van der Waals surface area contributed by atoms with Crippen LogP contribution in [0.3, 0.4) is 0 Å². The molecule has 1 amide bonds. The minimum atomic E-state index is -0.210. The van der Waals surface area contributed by atoms with E-state index < -0.39 is 0 Å². The standard InChI is InChI=1S/C30H40N4O4S2.C3H9N.C2H6/c1-9-12-17-38-20(4)19-34-29(37)28(22(6)39-27(10-2)26(15-16-35)33(7)8)40-30(34)32-25-18-23(21(5)36)13-14-24(25)31-11-3;1-4(2)3;1-2/h10,12-15,17-18,31,35H,4,9,11,16,19H2,1-3,5-8H3;1-3H3;1-2H3/b17-12-,26-15+,27-10+,28-22-,32-30?;;. The number of hydrogen-bond donors (Lipinski definition) is 2. The Hall–Kier alpha value is -3.25. The van der Waals surface area contributed by atoms with Gasteiger partial charge in [0.25, 0.3) is 5.91 Å². The van der Waals surface area contributed by atoms with Gasteiger partial charge in [-0.1, -0.05) is 45.2 Å². The molecular weight excluding hydrogens is 619 g/mol. The maximum Gasteiger partial charge on any atom is 0.267 e. The first kappa shape index (κ1) is 42.8. The second kappa shape index (κ2) is 23.1. The summed E-state index contributed by atoms with van der Waals surface area (Å²) in [6, 6.07) is 5.32. The third-order valence-electron chi connectivity index (χ3n) is 5.62. The molecule has 1 fully saturated rings. The third-order valence-corrected chi connectivity index (χ3v) is 8.10. The van der Waals surface area contributed by atoms with E-state index >= 15 is 0 Å². The molecule has 0 aromatic heterocycles. The first-order chi connectivity index (χ1) is 21.8. The van der Waals surface area contributed by atoms with E-state index in [1.54, 1.807) is 29.4 Å². The Labute approximate surface area is 286 Å². The fraction of sp³-hybridized carbons (Fsp3) is 0.457. The van der Waals surface area contributed by atoms with Crippen molar-refractivity contribution in [1.29, 1.82) is 0 Å². The topological polar surface area (TPSA) is 97.7 Å². The molecule has 0 unspecified atom stereocenters. The summed E-state index contributed by atoms with van der Waals surface area (Å²) in [5, 5.41) is 13.3. The van der Waals surface area contributed by atoms with Gasteiger partial charge < -0.3 is 25.0 Å². The molecule has 0 radical (unpaired) electrons. The Kier molecular flexibility index (Phi) is 21.5. The van der Waals surface area contributed by atoms with E-state index in [1.165, 1.54) is 30.4 Å². The fourth-order valence-corrected chi connectivity index (χ4v) is 5.82. The predicted octanol–water partition coefficient (Wildman–Crippen LogP) is 7.85. The van der Waals surface area contributed by atoms with E-state index in [1.807, 2.05) is 105 Å². The van der Waals surface area contributed by atoms with Gasteiger partial charge in [-0.05, 0) is 97.4 Å². The third kappa shape index (κ3) is 14.5. The smallest absolute Gasteiger partial charge is 0.267 e. The van der Waals surface area contributed by atoms with Crippen LogP contribution in [0.25, 0.3) is 0 Å². The summed E-state index contributed by atoms with van der Waals surface area (Å²) in [5.41, 5.74) is 2.72. The van der Waals surface area contributed by atoms with Crippen LogP contribution in [0.2, 0.25) is 0 Å². The van der Waals surface area contributed by atoms with E-state index in [0.29, 0.717) is 33.6 Å². The highest BCUT2D eigenvalue weighted by Crippen LogP contribution is 2.42. The molecule has 0 saturated carbocycles. The SMILES string of the molecule is C=C(CN1C(=O)/C(=C(\C)SC(=C/C)/C(=C\CO)N(C)C)SC1=Nc1cc(C(C)=O)ccc1NCC)O/C=C\CC.CC.CN(C)C. The van der Waals surface area contributed by atoms with Crippen molar-refractivity contribution < 1.29 is 19.4 Å². The molecule has 2 rings (SSSR count). The van der Waals surface area contributed by atoms with Gasteiger partial charge in [0, 0.05) is 41.7 Å². The van der Waals surface area contributed by atoms with Gasteiger partial charge in [-0.15, -0.1) is 0 Å². The highest BCUT2D eigenvalue weighted by atomic mass is 32.2. The molecule has 1 heterocycles. The number of aliphatic imine (C=N–C) groups is 1. The van der Waals surface area contributed by atoms with Crippen LogP contribution in [-0.2, 0) is 9.53 Å². The summed E-state index contributed by atoms with van der Waals surface area (Å²) in [6.45, 7) is 18.0. The molecule has 0 aliphatic carbocycles. The molecule has 1 aliphatic rings. The molecule has 0 spiro atoms. The molecule has 46 heavy (non-hydrogen) atoms. The first-order valence-corrected chi connectivity index (χ1v) is 17.1. The number of benzene rings is 1. The van der Waals surface area contributed by atoms with Crippen LogP contribution < -0.4 is 5.32 Å². The highest BCUT2D eigenvalue weighted by Gasteiger charge is 2.36. The van der Waals surface area contributed by atoms with Crippen LogP contribution in [-0.4, -0.2) is 91.6 Å². The van der Waals surface area contributed by atoms with Crippen LogP contribution in [0, 0.1) is 0 Å². The average Bonchev–Trinajstić information content (AvgIpc) is 3.30. The zero-order valence-corrected chi connectivity index (χ0v) is 31.5. The number of amides is 1. The Bertz CT molecular complexity index is 1310. The zero-order chi connectivity index (χ0) is 35.4. The zero-order valence-electron chi connectivity index (χ0n) is 29.9. The van der Waals surface area contributed by atoms with Gasteiger partial charge in [0.1, 0.15) is 5.76 Å². The molecule has 9 nitrogen and oxygen atoms in total. The number of carbonyl (C=O) groups is 2. The van der Waals surface area contributed by atoms with Gasteiger partial charge in [0.15, 0.2) is 11.0 Å². The van der Waals surface area contributed by atoms with Crippen molar-refractivity contribution in [2.45, 2.75) is 54.9 Å². The molecule has 256 valence electrons. The lowest BCUT2D eigenvalue weighted by atomic mass is 10.1. The minimum Gasteiger partial charge on any atom is -0.468 e. The number of aliphatic hydroxyl groups excluding tert-OH is 1. The largest absolute Gasteiger partial charge is 0.468 e. The van der Waals surface area contributed by atoms with Crippen LogP contribution >= 0.6 is 23.5 Å². The lowest BCUT2D eigenvalue weighted by molar-refractivity contribution is -0.122. The number of Topliss-reactive ketones (excluding diaryl/α,β-unsaturated/α-hetero) is 1. The first-order valence-electron chi connectivity index (χ1n) is 15.4. The summed E-state index contributed by atoms with van der Waals surface area (Å²) < 4.78 is 5.61. The summed E-state index contributed by atoms with van der Waals surface area (Å²) >= 11 is 2.74. The number of allylic oxidation sites excluding steroid dienone is 3. The van der Waals surface area contributed by atoms with E-state index in [2.05, 4.69) is 11.9 Å². The maximum atomic E-state index is 13.8. The Morgan fingerprint density at radius 3 is 2.30 bits per heavy atom. The molecule has 0 bridgehead atoms. The quantitative estimate of drug-likeness (QED) is 0.0886. The number of aliphatic hydroxyl groups is 1. The fourth-order valence-electron chi connectivity index (χ4n) is 3.65. The molecule has 1 saturated heterocycles. The van der Waals surface area contributed by atoms with Crippen molar-refractivity contribution in [3.05, 3.63) is 81.0 Å². The van der Waals surface area contributed by atoms with Crippen molar-refractivity contribution in [3.8, 4) is 0 Å². The number of likely N-dealkylation sites (N-methyl/N-ethyl adjacent to an activating group) is 1. The van der Waals surface area contributed by atoms with Crippen LogP contribution in [0.5, 0.6) is 0 Å². The van der Waals surface area contributed by atoms with Crippen LogP contribution in [0.4, 0.5) is 11.4 Å². The number of carbonyl (C=O) groups excluding carboxylic acids is 2. The van der Waals surface area contributed by atoms with E-state index in [0.717, 1.165) is 27.6 Å². The molecule has 2 N–H and O–H groups in total. The van der Waals surface area contributed by atoms with Crippen molar-refractivity contribution in [2.75, 3.05) is 60.3 Å². The van der Waals surface area contributed by atoms with Gasteiger partial charge in [-0.25, -0.2) is 4.99 Å². The molecule has 1 aromatic rings. The maximum absolute atomic E-state index is 13.8. The number of thioether (sulfide) groups is 2. The van der Waals surface area contributed by atoms with Crippen molar-refractivity contribution in [3.63, 3.8) is 0 Å². The summed E-state index contributed by atoms with van der Waals surface area (Å²) in [4.78, 5) is 38.5. The van der Waals surface area contributed by atoms with Gasteiger partial charge in [0.05, 0.1) is 35.7 Å². The molecule has 1 aliphatic heterocycles. The predicted molar refractivity (Wildman–Crippen MR) is 201 cm³/mol. The lowest BCUT2D eigenvalue weighted by Gasteiger charge is -2.20. The van der Waals surface area contributed by atoms with Gasteiger partial charge in [-0.2, -0.15) is 0 Å². The van der Waals surface area contributed by atoms with Crippen molar-refractivity contribution in [1.82, 2.24) is 14.7 Å². The van der Waals surface area contributed by atoms with Crippen LogP contribution in [0.15, 0.2) is 80.4 Å². The number of ketones is 1. The number of amidine groups is 1. The van der Waals surface area contributed by atoms with Gasteiger partial charge in [-0.3, -0.25) is 14.5 Å². The normalized spacial score (nSPS) is 15.4. The van der Waals surface area contributed by atoms with E-state index in [4.69, 9.17) is 9.73 Å². The van der Waals surface area contributed by atoms with Gasteiger partial charge >= 0.3 is 0 Å². The number of hydrogen-bond acceptors (Lipinski definition) is 10. The Morgan fingerprint density at radius 1 is 1.17 bits per heavy atom. The number of anilines is 1. The number of nitrogens with one attached hydrogen (secondary N) is 1. The molecule has 0 atom stereocenters. The van der Waals surface area contributed by atoms with Crippen LogP contribution in [0.1, 0.15) is 65.2 Å². The van der Waals surface area contributed by atoms with Crippen molar-refractivity contribution >= 4 is 51.8 Å². The second-order valence-corrected chi connectivity index (χ2v) is 12.5. The Balaban J connectivity index is 0.00000312. The summed E-state index contributed by atoms with van der Waals surface area (Å²) in [5.74, 6) is 0.122. The van der Waals surface area contributed by atoms with Gasteiger partial charge in [0.2, 0.25) is 0 Å². The summed E-state index contributed by atoms with van der Waals surface area (Å²) in [7, 11) is 9.82. The van der Waals surface area contributed by atoms with Crippen molar-refractivity contribution in [2.24, 2.45) is 4.99 Å². The molecule has 11 heteroatoms. The molecule has 1 aromatic carbocycles. The van der Waals surface area contributed by atoms with E-state index in [9.17, 15) is 14.7 Å². The average molecular weight is 674 g/mol. The van der Waals surface area contributed by atoms with E-state index in [-0.39, 0.29) is 24.8 Å². The number of nitrogens with zero attached hydrogens (tertiary/aromatic N) is 4. The lowest BCUT2D eigenvalue weighted by Crippen LogP contribution is -2.31. The summed E-state index contributed by atoms with van der Waals surface area (Å²) in [6.07, 6.45) is 7.94. The number of ether oxygens (including phenoxy) is 1. The minimum absolute atomic E-state index is 0.0691. The number of rotatable bonds is 14. The monoisotopic (exact) mass is 673 g/mol. The molecular formula is C35H55N5O4S2.